The summed E-state index contributed by atoms with van der Waals surface area (Å²) in [6.07, 6.45) is 2.92. The van der Waals surface area contributed by atoms with Crippen LogP contribution in [0, 0.1) is 10.1 Å². The third-order valence-electron chi connectivity index (χ3n) is 4.15. The molecule has 0 saturated carbocycles. The van der Waals surface area contributed by atoms with E-state index < -0.39 is 16.7 Å². The number of amides is 2. The van der Waals surface area contributed by atoms with Crippen molar-refractivity contribution in [2.75, 3.05) is 6.54 Å². The number of nitro benzene ring substituents is 1. The van der Waals surface area contributed by atoms with Crippen LogP contribution in [0.5, 0.6) is 0 Å². The lowest BCUT2D eigenvalue weighted by Crippen LogP contribution is -2.53. The van der Waals surface area contributed by atoms with Gasteiger partial charge in [0.2, 0.25) is 0 Å². The van der Waals surface area contributed by atoms with Gasteiger partial charge in [-0.25, -0.2) is 0 Å². The van der Waals surface area contributed by atoms with Crippen LogP contribution >= 0.6 is 12.2 Å². The van der Waals surface area contributed by atoms with Gasteiger partial charge in [-0.3, -0.25) is 29.9 Å². The van der Waals surface area contributed by atoms with E-state index >= 15 is 0 Å². The summed E-state index contributed by atoms with van der Waals surface area (Å²) in [5, 5.41) is 13.9. The highest BCUT2D eigenvalue weighted by Crippen LogP contribution is 2.33. The van der Waals surface area contributed by atoms with Gasteiger partial charge in [0, 0.05) is 12.6 Å². The molecule has 1 N–H and O–H groups in total. The Kier molecular flexibility index (Phi) is 5.42. The lowest BCUT2D eigenvalue weighted by molar-refractivity contribution is -0.384. The van der Waals surface area contributed by atoms with Crippen molar-refractivity contribution in [1.29, 1.82) is 0 Å². The highest BCUT2D eigenvalue weighted by Gasteiger charge is 2.32. The molecule has 1 aliphatic rings. The van der Waals surface area contributed by atoms with E-state index in [1.165, 1.54) is 23.1 Å². The van der Waals surface area contributed by atoms with Crippen molar-refractivity contribution in [2.24, 2.45) is 0 Å². The van der Waals surface area contributed by atoms with Gasteiger partial charge in [-0.1, -0.05) is 42.5 Å². The van der Waals surface area contributed by atoms with Crippen LogP contribution in [0.1, 0.15) is 5.56 Å². The molecule has 140 valence electrons. The quantitative estimate of drug-likeness (QED) is 0.210. The minimum absolute atomic E-state index is 0.0130. The molecule has 0 atom stereocenters. The predicted molar refractivity (Wildman–Crippen MR) is 109 cm³/mol. The van der Waals surface area contributed by atoms with Crippen LogP contribution < -0.4 is 5.32 Å². The van der Waals surface area contributed by atoms with Crippen molar-refractivity contribution < 1.29 is 14.5 Å². The number of benzene rings is 2. The standard InChI is InChI=1S/C20H15N3O4S/c1-2-11-22-19(25)16(18(24)21-20(22)28)12-13-7-3-4-8-14(13)15-9-5-6-10-17(15)23(26)27/h2-10,12H,1,11H2,(H,21,24,28)/b16-12-. The van der Waals surface area contributed by atoms with Crippen LogP contribution in [0.4, 0.5) is 5.69 Å². The van der Waals surface area contributed by atoms with Gasteiger partial charge in [-0.15, -0.1) is 6.58 Å². The van der Waals surface area contributed by atoms with E-state index in [9.17, 15) is 19.7 Å². The molecule has 0 aliphatic carbocycles. The highest BCUT2D eigenvalue weighted by molar-refractivity contribution is 7.80. The number of nitro groups is 1. The summed E-state index contributed by atoms with van der Waals surface area (Å²) in [6, 6.07) is 13.1. The number of nitrogens with one attached hydrogen (secondary N) is 1. The number of rotatable bonds is 5. The van der Waals surface area contributed by atoms with Gasteiger partial charge in [0.15, 0.2) is 5.11 Å². The Labute approximate surface area is 166 Å². The third kappa shape index (κ3) is 3.58. The number of para-hydroxylation sites is 1. The Morgan fingerprint density at radius 3 is 2.43 bits per heavy atom. The number of nitrogens with zero attached hydrogens (tertiary/aromatic N) is 2. The lowest BCUT2D eigenvalue weighted by Gasteiger charge is -2.27. The van der Waals surface area contributed by atoms with Crippen LogP contribution in [0.15, 0.2) is 66.8 Å². The van der Waals surface area contributed by atoms with Crippen molar-refractivity contribution in [2.45, 2.75) is 0 Å². The molecule has 8 heteroatoms. The van der Waals surface area contributed by atoms with E-state index in [2.05, 4.69) is 11.9 Å². The Balaban J connectivity index is 2.13. The zero-order valence-corrected chi connectivity index (χ0v) is 15.4. The normalized spacial score (nSPS) is 15.5. The fourth-order valence-corrected chi connectivity index (χ4v) is 3.12. The zero-order valence-electron chi connectivity index (χ0n) is 14.6. The van der Waals surface area contributed by atoms with Crippen LogP contribution in [-0.2, 0) is 9.59 Å². The summed E-state index contributed by atoms with van der Waals surface area (Å²) in [6.45, 7) is 3.74. The van der Waals surface area contributed by atoms with E-state index in [-0.39, 0.29) is 22.9 Å². The van der Waals surface area contributed by atoms with Crippen molar-refractivity contribution in [1.82, 2.24) is 10.2 Å². The van der Waals surface area contributed by atoms with E-state index in [1.807, 2.05) is 0 Å². The molecule has 7 nitrogen and oxygen atoms in total. The van der Waals surface area contributed by atoms with Gasteiger partial charge in [-0.05, 0) is 35.5 Å². The third-order valence-corrected chi connectivity index (χ3v) is 4.47. The number of hydrogen-bond donors (Lipinski definition) is 1. The minimum Gasteiger partial charge on any atom is -0.298 e. The first-order valence-electron chi connectivity index (χ1n) is 8.26. The van der Waals surface area contributed by atoms with Crippen molar-refractivity contribution in [3.63, 3.8) is 0 Å². The van der Waals surface area contributed by atoms with Gasteiger partial charge < -0.3 is 0 Å². The predicted octanol–water partition coefficient (Wildman–Crippen LogP) is 3.07. The maximum atomic E-state index is 12.7. The van der Waals surface area contributed by atoms with E-state index in [0.29, 0.717) is 16.7 Å². The van der Waals surface area contributed by atoms with Crippen LogP contribution in [0.25, 0.3) is 17.2 Å². The number of thiocarbonyl (C=S) groups is 1. The first kappa shape index (κ1) is 19.1. The van der Waals surface area contributed by atoms with E-state index in [4.69, 9.17) is 12.2 Å². The molecule has 1 saturated heterocycles. The summed E-state index contributed by atoms with van der Waals surface area (Å²) in [7, 11) is 0. The second-order valence-corrected chi connectivity index (χ2v) is 6.27. The minimum atomic E-state index is -0.618. The molecule has 1 heterocycles. The van der Waals surface area contributed by atoms with Gasteiger partial charge in [0.1, 0.15) is 5.57 Å². The van der Waals surface area contributed by atoms with E-state index in [1.54, 1.807) is 42.5 Å². The van der Waals surface area contributed by atoms with Gasteiger partial charge in [0.25, 0.3) is 17.5 Å². The Bertz CT molecular complexity index is 1050. The molecule has 1 aliphatic heterocycles. The molecule has 0 bridgehead atoms. The Morgan fingerprint density at radius 1 is 1.11 bits per heavy atom. The van der Waals surface area contributed by atoms with Crippen molar-refractivity contribution >= 4 is 40.9 Å². The van der Waals surface area contributed by atoms with Crippen molar-refractivity contribution in [3.05, 3.63) is 82.4 Å². The zero-order chi connectivity index (χ0) is 20.3. The monoisotopic (exact) mass is 393 g/mol. The van der Waals surface area contributed by atoms with Gasteiger partial charge >= 0.3 is 0 Å². The molecule has 0 aromatic heterocycles. The van der Waals surface area contributed by atoms with E-state index in [0.717, 1.165) is 0 Å². The maximum absolute atomic E-state index is 12.7. The van der Waals surface area contributed by atoms with Gasteiger partial charge in [-0.2, -0.15) is 0 Å². The number of carbonyl (C=O) groups is 2. The Morgan fingerprint density at radius 2 is 1.75 bits per heavy atom. The van der Waals surface area contributed by atoms with Crippen LogP contribution in [0.2, 0.25) is 0 Å². The molecule has 3 rings (SSSR count). The molecule has 2 aromatic rings. The summed E-state index contributed by atoms with van der Waals surface area (Å²) in [4.78, 5) is 37.2. The second kappa shape index (κ2) is 7.93. The first-order valence-corrected chi connectivity index (χ1v) is 8.67. The summed E-state index contributed by atoms with van der Waals surface area (Å²) < 4.78 is 0. The molecular weight excluding hydrogens is 378 g/mol. The molecule has 0 unspecified atom stereocenters. The molecule has 2 aromatic carbocycles. The molecule has 0 spiro atoms. The molecular formula is C20H15N3O4S. The molecule has 0 radical (unpaired) electrons. The summed E-state index contributed by atoms with van der Waals surface area (Å²) >= 11 is 5.04. The second-order valence-electron chi connectivity index (χ2n) is 5.88. The first-order chi connectivity index (χ1) is 13.4. The van der Waals surface area contributed by atoms with Gasteiger partial charge in [0.05, 0.1) is 10.5 Å². The summed E-state index contributed by atoms with van der Waals surface area (Å²) in [5.41, 5.74) is 1.25. The Hall–Kier alpha value is -3.65. The smallest absolute Gasteiger partial charge is 0.277 e. The lowest BCUT2D eigenvalue weighted by atomic mass is 9.96. The number of carbonyl (C=O) groups excluding carboxylic acids is 2. The average molecular weight is 393 g/mol. The van der Waals surface area contributed by atoms with Crippen molar-refractivity contribution in [3.8, 4) is 11.1 Å². The topological polar surface area (TPSA) is 92.6 Å². The SMILES string of the molecule is C=CCN1C(=O)/C(=C\c2ccccc2-c2ccccc2[N+](=O)[O-])C(=O)NC1=S. The summed E-state index contributed by atoms with van der Waals surface area (Å²) in [5.74, 6) is -1.17. The molecule has 28 heavy (non-hydrogen) atoms. The highest BCUT2D eigenvalue weighted by atomic mass is 32.1. The average Bonchev–Trinajstić information content (AvgIpc) is 2.68. The molecule has 2 amide bonds. The number of hydrogen-bond acceptors (Lipinski definition) is 5. The fourth-order valence-electron chi connectivity index (χ4n) is 2.87. The van der Waals surface area contributed by atoms with Crippen LogP contribution in [0.3, 0.4) is 0 Å². The fraction of sp³-hybridized carbons (Fsp3) is 0.0500. The molecule has 1 fully saturated rings. The maximum Gasteiger partial charge on any atom is 0.277 e. The largest absolute Gasteiger partial charge is 0.298 e. The van der Waals surface area contributed by atoms with Crippen LogP contribution in [-0.4, -0.2) is 33.3 Å².